The van der Waals surface area contributed by atoms with Gasteiger partial charge in [0, 0.05) is 17.7 Å². The van der Waals surface area contributed by atoms with Crippen LogP contribution >= 0.6 is 0 Å². The number of methoxy groups -OCH3 is 2. The van der Waals surface area contributed by atoms with E-state index in [2.05, 4.69) is 10.5 Å². The molecule has 120 valence electrons. The molecule has 0 saturated carbocycles. The summed E-state index contributed by atoms with van der Waals surface area (Å²) in [6.07, 6.45) is 1.65. The molecule has 0 atom stereocenters. The standard InChI is InChI=1S/C16H17N3O4/c1-11-8-15(22-2)16(23-3)9-12(11)10-17-18-13-4-6-14(7-5-13)19(20)21/h4-10,18H,1-3H3/b17-10-. The van der Waals surface area contributed by atoms with E-state index in [-0.39, 0.29) is 5.69 Å². The van der Waals surface area contributed by atoms with Crippen molar-refractivity contribution in [3.63, 3.8) is 0 Å². The third kappa shape index (κ3) is 3.97. The second-order valence-electron chi connectivity index (χ2n) is 4.74. The number of nitrogens with zero attached hydrogens (tertiary/aromatic N) is 2. The Kier molecular flexibility index (Phi) is 5.14. The lowest BCUT2D eigenvalue weighted by molar-refractivity contribution is -0.384. The van der Waals surface area contributed by atoms with Gasteiger partial charge in [0.2, 0.25) is 0 Å². The van der Waals surface area contributed by atoms with Gasteiger partial charge in [-0.15, -0.1) is 0 Å². The fourth-order valence-corrected chi connectivity index (χ4v) is 1.97. The van der Waals surface area contributed by atoms with Gasteiger partial charge in [-0.25, -0.2) is 0 Å². The third-order valence-corrected chi connectivity index (χ3v) is 3.25. The van der Waals surface area contributed by atoms with E-state index in [0.717, 1.165) is 11.1 Å². The normalized spacial score (nSPS) is 10.6. The number of nitro groups is 1. The van der Waals surface area contributed by atoms with Crippen LogP contribution in [0, 0.1) is 17.0 Å². The van der Waals surface area contributed by atoms with E-state index in [4.69, 9.17) is 9.47 Å². The van der Waals surface area contributed by atoms with Crippen LogP contribution in [-0.2, 0) is 0 Å². The molecule has 0 amide bonds. The minimum atomic E-state index is -0.444. The quantitative estimate of drug-likeness (QED) is 0.502. The number of benzene rings is 2. The van der Waals surface area contributed by atoms with E-state index in [0.29, 0.717) is 17.2 Å². The Morgan fingerprint density at radius 2 is 1.74 bits per heavy atom. The minimum Gasteiger partial charge on any atom is -0.493 e. The van der Waals surface area contributed by atoms with Gasteiger partial charge in [0.25, 0.3) is 5.69 Å². The molecule has 2 rings (SSSR count). The highest BCUT2D eigenvalue weighted by Crippen LogP contribution is 2.29. The zero-order valence-electron chi connectivity index (χ0n) is 13.1. The highest BCUT2D eigenvalue weighted by molar-refractivity contribution is 5.83. The molecule has 1 N–H and O–H groups in total. The maximum absolute atomic E-state index is 10.6. The minimum absolute atomic E-state index is 0.0373. The van der Waals surface area contributed by atoms with Crippen LogP contribution in [0.15, 0.2) is 41.5 Å². The van der Waals surface area contributed by atoms with E-state index < -0.39 is 4.92 Å². The number of non-ortho nitro benzene ring substituents is 1. The molecule has 2 aromatic rings. The molecule has 0 saturated heterocycles. The number of rotatable bonds is 6. The molecule has 0 spiro atoms. The predicted octanol–water partition coefficient (Wildman–Crippen LogP) is 3.37. The molecule has 0 fully saturated rings. The Balaban J connectivity index is 2.12. The molecule has 7 nitrogen and oxygen atoms in total. The van der Waals surface area contributed by atoms with E-state index in [1.54, 1.807) is 32.6 Å². The van der Waals surface area contributed by atoms with Gasteiger partial charge in [0.05, 0.1) is 31.0 Å². The number of nitrogens with one attached hydrogen (secondary N) is 1. The first-order valence-electron chi connectivity index (χ1n) is 6.81. The van der Waals surface area contributed by atoms with E-state index >= 15 is 0 Å². The first kappa shape index (κ1) is 16.3. The summed E-state index contributed by atoms with van der Waals surface area (Å²) < 4.78 is 10.5. The van der Waals surface area contributed by atoms with Crippen LogP contribution in [0.4, 0.5) is 11.4 Å². The molecule has 0 heterocycles. The number of aryl methyl sites for hydroxylation is 1. The summed E-state index contributed by atoms with van der Waals surface area (Å²) in [5.74, 6) is 1.28. The van der Waals surface area contributed by atoms with Crippen molar-refractivity contribution >= 4 is 17.6 Å². The Hall–Kier alpha value is -3.09. The summed E-state index contributed by atoms with van der Waals surface area (Å²) in [5.41, 5.74) is 5.38. The molecule has 23 heavy (non-hydrogen) atoms. The molecule has 7 heteroatoms. The highest BCUT2D eigenvalue weighted by Gasteiger charge is 2.07. The van der Waals surface area contributed by atoms with Crippen molar-refractivity contribution < 1.29 is 14.4 Å². The van der Waals surface area contributed by atoms with Crippen LogP contribution in [-0.4, -0.2) is 25.4 Å². The van der Waals surface area contributed by atoms with Crippen LogP contribution in [0.2, 0.25) is 0 Å². The SMILES string of the molecule is COc1cc(C)c(/C=N\Nc2ccc([N+](=O)[O-])cc2)cc1OC. The molecule has 0 bridgehead atoms. The Morgan fingerprint density at radius 1 is 1.13 bits per heavy atom. The smallest absolute Gasteiger partial charge is 0.269 e. The van der Waals surface area contributed by atoms with Crippen molar-refractivity contribution in [3.05, 3.63) is 57.6 Å². The molecule has 0 radical (unpaired) electrons. The molecule has 0 aliphatic heterocycles. The third-order valence-electron chi connectivity index (χ3n) is 3.25. The van der Waals surface area contributed by atoms with Crippen molar-refractivity contribution in [2.75, 3.05) is 19.6 Å². The van der Waals surface area contributed by atoms with E-state index in [1.807, 2.05) is 19.1 Å². The molecular formula is C16H17N3O4. The summed E-state index contributed by atoms with van der Waals surface area (Å²) in [7, 11) is 3.16. The maximum atomic E-state index is 10.6. The average molecular weight is 315 g/mol. The van der Waals surface area contributed by atoms with Crippen LogP contribution in [0.5, 0.6) is 11.5 Å². The summed E-state index contributed by atoms with van der Waals surface area (Å²) in [6.45, 7) is 1.94. The van der Waals surface area contributed by atoms with Gasteiger partial charge < -0.3 is 9.47 Å². The van der Waals surface area contributed by atoms with Crippen LogP contribution < -0.4 is 14.9 Å². The summed E-state index contributed by atoms with van der Waals surface area (Å²) in [5, 5.41) is 14.7. The number of anilines is 1. The number of hydrogen-bond acceptors (Lipinski definition) is 6. The number of hydrazone groups is 1. The first-order chi connectivity index (χ1) is 11.0. The van der Waals surface area contributed by atoms with Crippen molar-refractivity contribution in [1.29, 1.82) is 0 Å². The van der Waals surface area contributed by atoms with Gasteiger partial charge in [-0.1, -0.05) is 0 Å². The molecule has 0 aliphatic carbocycles. The van der Waals surface area contributed by atoms with Gasteiger partial charge in [0.1, 0.15) is 0 Å². The zero-order valence-corrected chi connectivity index (χ0v) is 13.1. The highest BCUT2D eigenvalue weighted by atomic mass is 16.6. The fourth-order valence-electron chi connectivity index (χ4n) is 1.97. The Labute approximate surface area is 133 Å². The summed E-state index contributed by atoms with van der Waals surface area (Å²) in [4.78, 5) is 10.2. The molecule has 2 aromatic carbocycles. The molecule has 0 unspecified atom stereocenters. The predicted molar refractivity (Wildman–Crippen MR) is 88.6 cm³/mol. The van der Waals surface area contributed by atoms with Crippen molar-refractivity contribution in [2.24, 2.45) is 5.10 Å². The Morgan fingerprint density at radius 3 is 2.30 bits per heavy atom. The monoisotopic (exact) mass is 315 g/mol. The summed E-state index contributed by atoms with van der Waals surface area (Å²) >= 11 is 0. The molecule has 0 aromatic heterocycles. The number of hydrogen-bond donors (Lipinski definition) is 1. The second kappa shape index (κ2) is 7.26. The lowest BCUT2D eigenvalue weighted by atomic mass is 10.1. The van der Waals surface area contributed by atoms with Gasteiger partial charge >= 0.3 is 0 Å². The Bertz CT molecular complexity index is 727. The molecular weight excluding hydrogens is 298 g/mol. The van der Waals surface area contributed by atoms with Crippen LogP contribution in [0.1, 0.15) is 11.1 Å². The van der Waals surface area contributed by atoms with Gasteiger partial charge in [-0.2, -0.15) is 5.10 Å². The van der Waals surface area contributed by atoms with Crippen molar-refractivity contribution in [1.82, 2.24) is 0 Å². The van der Waals surface area contributed by atoms with Gasteiger partial charge in [0.15, 0.2) is 11.5 Å². The van der Waals surface area contributed by atoms with Crippen LogP contribution in [0.3, 0.4) is 0 Å². The number of nitro benzene ring substituents is 1. The lowest BCUT2D eigenvalue weighted by Crippen LogP contribution is -1.97. The molecule has 0 aliphatic rings. The van der Waals surface area contributed by atoms with E-state index in [1.165, 1.54) is 12.1 Å². The number of ether oxygens (including phenoxy) is 2. The van der Waals surface area contributed by atoms with Gasteiger partial charge in [-0.05, 0) is 36.8 Å². The maximum Gasteiger partial charge on any atom is 0.269 e. The van der Waals surface area contributed by atoms with E-state index in [9.17, 15) is 10.1 Å². The lowest BCUT2D eigenvalue weighted by Gasteiger charge is -2.10. The van der Waals surface area contributed by atoms with Crippen molar-refractivity contribution in [2.45, 2.75) is 6.92 Å². The summed E-state index contributed by atoms with van der Waals surface area (Å²) in [6, 6.07) is 9.72. The fraction of sp³-hybridized carbons (Fsp3) is 0.188. The zero-order chi connectivity index (χ0) is 16.8. The average Bonchev–Trinajstić information content (AvgIpc) is 2.56. The second-order valence-corrected chi connectivity index (χ2v) is 4.74. The largest absolute Gasteiger partial charge is 0.493 e. The topological polar surface area (TPSA) is 86.0 Å². The first-order valence-corrected chi connectivity index (χ1v) is 6.81. The van der Waals surface area contributed by atoms with Gasteiger partial charge in [-0.3, -0.25) is 15.5 Å². The van der Waals surface area contributed by atoms with Crippen LogP contribution in [0.25, 0.3) is 0 Å². The van der Waals surface area contributed by atoms with Crippen molar-refractivity contribution in [3.8, 4) is 11.5 Å².